The fourth-order valence-electron chi connectivity index (χ4n) is 1.97. The molecule has 134 valence electrons. The number of nitrogens with two attached hydrogens (primary N) is 2. The SMILES string of the molecule is COC(=O)C(C)OCC(O)C(CCCCN=C(N)N)NB(C)O. The molecular weight excluding hydrogens is 303 g/mol. The molecule has 9 nitrogen and oxygen atoms in total. The minimum absolute atomic E-state index is 0.0471. The van der Waals surface area contributed by atoms with E-state index < -0.39 is 25.2 Å². The second-order valence-corrected chi connectivity index (χ2v) is 5.32. The number of nitrogens with zero attached hydrogens (tertiary/aromatic N) is 1. The van der Waals surface area contributed by atoms with E-state index in [0.717, 1.165) is 12.8 Å². The summed E-state index contributed by atoms with van der Waals surface area (Å²) in [4.78, 5) is 15.1. The Bertz CT molecular complexity index is 366. The number of nitrogens with one attached hydrogen (secondary N) is 1. The Morgan fingerprint density at radius 3 is 2.57 bits per heavy atom. The third-order valence-electron chi connectivity index (χ3n) is 3.19. The number of esters is 1. The normalized spacial score (nSPS) is 14.7. The molecule has 0 aromatic rings. The van der Waals surface area contributed by atoms with Crippen LogP contribution in [0.3, 0.4) is 0 Å². The van der Waals surface area contributed by atoms with E-state index in [9.17, 15) is 14.9 Å². The highest BCUT2D eigenvalue weighted by Crippen LogP contribution is 2.08. The van der Waals surface area contributed by atoms with Crippen molar-refractivity contribution in [3.63, 3.8) is 0 Å². The second-order valence-electron chi connectivity index (χ2n) is 5.32. The lowest BCUT2D eigenvalue weighted by Crippen LogP contribution is -2.49. The number of hydrogen-bond acceptors (Lipinski definition) is 7. The van der Waals surface area contributed by atoms with E-state index >= 15 is 0 Å². The molecule has 0 aliphatic rings. The smallest absolute Gasteiger partial charge is 0.373 e. The van der Waals surface area contributed by atoms with Gasteiger partial charge in [0.1, 0.15) is 0 Å². The van der Waals surface area contributed by atoms with Gasteiger partial charge >= 0.3 is 13.0 Å². The fraction of sp³-hybridized carbons (Fsp3) is 0.846. The monoisotopic (exact) mass is 332 g/mol. The van der Waals surface area contributed by atoms with Crippen LogP contribution in [-0.2, 0) is 14.3 Å². The number of aliphatic hydroxyl groups excluding tert-OH is 1. The van der Waals surface area contributed by atoms with Crippen molar-refractivity contribution < 1.29 is 24.4 Å². The van der Waals surface area contributed by atoms with Crippen LogP contribution in [-0.4, -0.2) is 67.6 Å². The molecule has 3 atom stereocenters. The number of aliphatic imine (C=N–C) groups is 1. The van der Waals surface area contributed by atoms with Gasteiger partial charge < -0.3 is 36.3 Å². The van der Waals surface area contributed by atoms with Gasteiger partial charge in [0.25, 0.3) is 0 Å². The van der Waals surface area contributed by atoms with Gasteiger partial charge in [0.2, 0.25) is 0 Å². The number of ether oxygens (including phenoxy) is 2. The van der Waals surface area contributed by atoms with Gasteiger partial charge in [-0.15, -0.1) is 0 Å². The summed E-state index contributed by atoms with van der Waals surface area (Å²) in [6.45, 7) is 3.58. The minimum atomic E-state index is -0.875. The Labute approximate surface area is 137 Å². The summed E-state index contributed by atoms with van der Waals surface area (Å²) >= 11 is 0. The Kier molecular flexibility index (Phi) is 11.4. The van der Waals surface area contributed by atoms with E-state index in [1.807, 2.05) is 0 Å². The first-order valence-corrected chi connectivity index (χ1v) is 7.65. The van der Waals surface area contributed by atoms with Gasteiger partial charge in [0.15, 0.2) is 12.1 Å². The molecule has 0 bridgehead atoms. The summed E-state index contributed by atoms with van der Waals surface area (Å²) in [7, 11) is 0.498. The van der Waals surface area contributed by atoms with Crippen molar-refractivity contribution in [2.75, 3.05) is 20.3 Å². The molecule has 0 heterocycles. The van der Waals surface area contributed by atoms with Gasteiger partial charge in [-0.2, -0.15) is 0 Å². The van der Waals surface area contributed by atoms with E-state index in [1.54, 1.807) is 13.7 Å². The van der Waals surface area contributed by atoms with Crippen LogP contribution in [0.1, 0.15) is 26.2 Å². The molecule has 7 N–H and O–H groups in total. The van der Waals surface area contributed by atoms with Gasteiger partial charge in [0, 0.05) is 12.6 Å². The largest absolute Gasteiger partial charge is 0.467 e. The highest BCUT2D eigenvalue weighted by Gasteiger charge is 2.23. The molecule has 0 fully saturated rings. The van der Waals surface area contributed by atoms with Crippen molar-refractivity contribution >= 4 is 19.0 Å². The zero-order valence-corrected chi connectivity index (χ0v) is 14.1. The highest BCUT2D eigenvalue weighted by molar-refractivity contribution is 6.45. The number of carbonyl (C=O) groups excluding carboxylic acids is 1. The Morgan fingerprint density at radius 2 is 2.04 bits per heavy atom. The molecule has 0 spiro atoms. The summed E-state index contributed by atoms with van der Waals surface area (Å²) in [6, 6.07) is -0.376. The molecule has 0 saturated carbocycles. The van der Waals surface area contributed by atoms with Gasteiger partial charge in [-0.3, -0.25) is 4.99 Å². The summed E-state index contributed by atoms with van der Waals surface area (Å²) in [5.74, 6) is -0.455. The van der Waals surface area contributed by atoms with Crippen LogP contribution in [0.15, 0.2) is 4.99 Å². The molecule has 0 aliphatic heterocycles. The zero-order chi connectivity index (χ0) is 17.8. The first kappa shape index (κ1) is 21.6. The lowest BCUT2D eigenvalue weighted by molar-refractivity contribution is -0.154. The number of guanidine groups is 1. The molecule has 10 heteroatoms. The molecule has 0 rings (SSSR count). The van der Waals surface area contributed by atoms with Crippen molar-refractivity contribution in [3.05, 3.63) is 0 Å². The fourth-order valence-corrected chi connectivity index (χ4v) is 1.97. The number of hydrogen-bond donors (Lipinski definition) is 5. The number of carbonyl (C=O) groups is 1. The third-order valence-corrected chi connectivity index (χ3v) is 3.19. The van der Waals surface area contributed by atoms with E-state index in [0.29, 0.717) is 13.0 Å². The van der Waals surface area contributed by atoms with Crippen molar-refractivity contribution in [1.29, 1.82) is 0 Å². The molecule has 0 aliphatic carbocycles. The lowest BCUT2D eigenvalue weighted by atomic mass is 9.85. The van der Waals surface area contributed by atoms with Crippen LogP contribution in [0, 0.1) is 0 Å². The van der Waals surface area contributed by atoms with Crippen molar-refractivity contribution in [2.45, 2.75) is 51.3 Å². The number of aliphatic hydroxyl groups is 1. The Hall–Kier alpha value is -1.36. The maximum Gasteiger partial charge on any atom is 0.373 e. The van der Waals surface area contributed by atoms with Crippen LogP contribution in [0.25, 0.3) is 0 Å². The maximum atomic E-state index is 11.3. The topological polar surface area (TPSA) is 152 Å². The van der Waals surface area contributed by atoms with E-state index in [4.69, 9.17) is 16.2 Å². The average molecular weight is 332 g/mol. The zero-order valence-electron chi connectivity index (χ0n) is 14.1. The van der Waals surface area contributed by atoms with Crippen LogP contribution in [0.5, 0.6) is 0 Å². The van der Waals surface area contributed by atoms with Crippen LogP contribution in [0.2, 0.25) is 6.82 Å². The van der Waals surface area contributed by atoms with Gasteiger partial charge in [-0.25, -0.2) is 4.79 Å². The highest BCUT2D eigenvalue weighted by atomic mass is 16.6. The first-order chi connectivity index (χ1) is 10.8. The summed E-state index contributed by atoms with van der Waals surface area (Å²) < 4.78 is 9.82. The van der Waals surface area contributed by atoms with Crippen LogP contribution >= 0.6 is 0 Å². The van der Waals surface area contributed by atoms with Gasteiger partial charge in [-0.05, 0) is 33.0 Å². The van der Waals surface area contributed by atoms with Crippen LogP contribution < -0.4 is 16.7 Å². The summed E-state index contributed by atoms with van der Waals surface area (Å²) in [6.07, 6.45) is 0.470. The number of methoxy groups -OCH3 is 1. The van der Waals surface area contributed by atoms with E-state index in [-0.39, 0.29) is 18.6 Å². The number of rotatable bonds is 12. The lowest BCUT2D eigenvalue weighted by Gasteiger charge is -2.25. The van der Waals surface area contributed by atoms with Crippen molar-refractivity contribution in [3.8, 4) is 0 Å². The Balaban J connectivity index is 4.29. The molecule has 0 amide bonds. The second kappa shape index (κ2) is 12.1. The maximum absolute atomic E-state index is 11.3. The number of unbranched alkanes of at least 4 members (excludes halogenated alkanes) is 1. The average Bonchev–Trinajstić information content (AvgIpc) is 2.49. The first-order valence-electron chi connectivity index (χ1n) is 7.65. The molecule has 0 aromatic heterocycles. The Morgan fingerprint density at radius 1 is 1.39 bits per heavy atom. The van der Waals surface area contributed by atoms with Crippen molar-refractivity contribution in [1.82, 2.24) is 5.23 Å². The predicted octanol–water partition coefficient (Wildman–Crippen LogP) is -1.56. The minimum Gasteiger partial charge on any atom is -0.467 e. The van der Waals surface area contributed by atoms with Crippen LogP contribution in [0.4, 0.5) is 0 Å². The van der Waals surface area contributed by atoms with E-state index in [1.165, 1.54) is 7.11 Å². The van der Waals surface area contributed by atoms with Gasteiger partial charge in [0.05, 0.1) is 19.8 Å². The molecule has 3 unspecified atom stereocenters. The molecule has 0 aromatic carbocycles. The van der Waals surface area contributed by atoms with E-state index in [2.05, 4.69) is 15.0 Å². The predicted molar refractivity (Wildman–Crippen MR) is 88.7 cm³/mol. The van der Waals surface area contributed by atoms with Gasteiger partial charge in [-0.1, -0.05) is 0 Å². The molecule has 23 heavy (non-hydrogen) atoms. The molecule has 0 radical (unpaired) electrons. The third kappa shape index (κ3) is 10.9. The van der Waals surface area contributed by atoms with Crippen molar-refractivity contribution in [2.24, 2.45) is 16.5 Å². The standard InChI is InChI=1S/C13H29BN4O5/c1-9(12(20)22-3)23-8-11(19)10(18-14(2)21)6-4-5-7-17-13(15)16/h9-11,18-19,21H,4-8H2,1-3H3,(H4,15,16,17). The summed E-state index contributed by atoms with van der Waals surface area (Å²) in [5, 5.41) is 22.5. The summed E-state index contributed by atoms with van der Waals surface area (Å²) in [5.41, 5.74) is 10.5. The molecule has 0 saturated heterocycles. The quantitative estimate of drug-likeness (QED) is 0.0945. The molecular formula is C13H29BN4O5.